The van der Waals surface area contributed by atoms with E-state index in [1.165, 1.54) is 25.9 Å². The van der Waals surface area contributed by atoms with Crippen molar-refractivity contribution < 1.29 is 4.99 Å². The smallest absolute Gasteiger partial charge is 0.300 e. The third kappa shape index (κ3) is 1.39. The van der Waals surface area contributed by atoms with Gasteiger partial charge in [0.25, 0.3) is 0 Å². The first-order valence-corrected chi connectivity index (χ1v) is 4.62. The standard InChI is InChI=1S/C8H16N4/c9-8(10)11-7-5-12-3-1-6(7)2-4-12/h6-7H,1-5H2,(H4,9,10,11)/p+1. The van der Waals surface area contributed by atoms with E-state index in [1.54, 1.807) is 0 Å². The highest BCUT2D eigenvalue weighted by atomic mass is 15.2. The number of nitrogens with two attached hydrogens (primary N) is 2. The Hall–Kier alpha value is -0.770. The van der Waals surface area contributed by atoms with Crippen LogP contribution in [0.15, 0.2) is 0 Å². The van der Waals surface area contributed by atoms with Crippen molar-refractivity contribution in [1.82, 2.24) is 4.90 Å². The summed E-state index contributed by atoms with van der Waals surface area (Å²) in [5.41, 5.74) is 10.8. The molecule has 3 saturated heterocycles. The van der Waals surface area contributed by atoms with Gasteiger partial charge in [-0.15, -0.1) is 0 Å². The first kappa shape index (κ1) is 7.86. The molecule has 3 aliphatic rings. The number of guanidine groups is 1. The number of rotatable bonds is 1. The quantitative estimate of drug-likeness (QED) is 0.299. The predicted octanol–water partition coefficient (Wildman–Crippen LogP) is -2.57. The predicted molar refractivity (Wildman–Crippen MR) is 47.3 cm³/mol. The van der Waals surface area contributed by atoms with Crippen LogP contribution in [0.1, 0.15) is 12.8 Å². The number of nitrogens with zero attached hydrogens (tertiary/aromatic N) is 1. The van der Waals surface area contributed by atoms with Crippen LogP contribution in [0, 0.1) is 5.92 Å². The van der Waals surface area contributed by atoms with Crippen LogP contribution in [0.2, 0.25) is 0 Å². The molecule has 5 N–H and O–H groups in total. The number of fused-ring (bicyclic) bond motifs is 3. The number of piperidine rings is 3. The van der Waals surface area contributed by atoms with Crippen molar-refractivity contribution in [2.24, 2.45) is 17.4 Å². The third-order valence-corrected chi connectivity index (χ3v) is 3.01. The second-order valence-corrected chi connectivity index (χ2v) is 3.84. The molecular formula is C8H17N4+. The molecule has 0 aliphatic carbocycles. The van der Waals surface area contributed by atoms with Crippen LogP contribution in [0.5, 0.6) is 0 Å². The molecule has 4 nitrogen and oxygen atoms in total. The van der Waals surface area contributed by atoms with Gasteiger partial charge in [-0.3, -0.25) is 21.4 Å². The van der Waals surface area contributed by atoms with Gasteiger partial charge in [0.05, 0.1) is 6.04 Å². The Bertz CT molecular complexity index is 189. The lowest BCUT2D eigenvalue weighted by molar-refractivity contribution is -0.524. The van der Waals surface area contributed by atoms with E-state index < -0.39 is 0 Å². The molecule has 3 rings (SSSR count). The van der Waals surface area contributed by atoms with Crippen LogP contribution in [-0.2, 0) is 0 Å². The fourth-order valence-electron chi connectivity index (χ4n) is 2.34. The van der Waals surface area contributed by atoms with Gasteiger partial charge in [-0.2, -0.15) is 0 Å². The maximum atomic E-state index is 5.42. The van der Waals surface area contributed by atoms with Gasteiger partial charge in [-0.1, -0.05) is 0 Å². The van der Waals surface area contributed by atoms with Crippen LogP contribution in [0.4, 0.5) is 0 Å². The van der Waals surface area contributed by atoms with Gasteiger partial charge >= 0.3 is 5.96 Å². The molecule has 3 fully saturated rings. The van der Waals surface area contributed by atoms with Gasteiger partial charge < -0.3 is 0 Å². The molecule has 0 amide bonds. The molecule has 12 heavy (non-hydrogen) atoms. The second kappa shape index (κ2) is 2.94. The van der Waals surface area contributed by atoms with Gasteiger partial charge in [0, 0.05) is 6.54 Å². The highest BCUT2D eigenvalue weighted by Gasteiger charge is 2.34. The van der Waals surface area contributed by atoms with E-state index in [0.717, 1.165) is 12.5 Å². The van der Waals surface area contributed by atoms with Crippen LogP contribution in [-0.4, -0.2) is 36.5 Å². The monoisotopic (exact) mass is 169 g/mol. The van der Waals surface area contributed by atoms with E-state index in [0.29, 0.717) is 12.0 Å². The van der Waals surface area contributed by atoms with Gasteiger partial charge in [-0.25, -0.2) is 0 Å². The normalized spacial score (nSPS) is 39.5. The fraction of sp³-hybridized carbons (Fsp3) is 0.875. The summed E-state index contributed by atoms with van der Waals surface area (Å²) in [5.74, 6) is 1.16. The Morgan fingerprint density at radius 2 is 1.92 bits per heavy atom. The topological polar surface area (TPSA) is 69.2 Å². The molecule has 3 aliphatic heterocycles. The summed E-state index contributed by atoms with van der Waals surface area (Å²) in [6, 6.07) is 0.498. The minimum absolute atomic E-state index is 0.369. The van der Waals surface area contributed by atoms with Crippen LogP contribution >= 0.6 is 0 Å². The summed E-state index contributed by atoms with van der Waals surface area (Å²) >= 11 is 0. The lowest BCUT2D eigenvalue weighted by atomic mass is 9.84. The van der Waals surface area contributed by atoms with Crippen molar-refractivity contribution >= 4 is 5.96 Å². The summed E-state index contributed by atoms with van der Waals surface area (Å²) in [7, 11) is 0. The lowest BCUT2D eigenvalue weighted by Crippen LogP contribution is -2.88. The van der Waals surface area contributed by atoms with Gasteiger partial charge in [-0.05, 0) is 31.8 Å². The molecule has 1 atom stereocenters. The zero-order valence-corrected chi connectivity index (χ0v) is 7.29. The average Bonchev–Trinajstić information content (AvgIpc) is 2.05. The summed E-state index contributed by atoms with van der Waals surface area (Å²) in [6.07, 6.45) is 2.59. The minimum atomic E-state index is 0.369. The number of hydrogen-bond donors (Lipinski definition) is 3. The summed E-state index contributed by atoms with van der Waals surface area (Å²) in [6.45, 7) is 3.63. The minimum Gasteiger partial charge on any atom is -0.300 e. The maximum absolute atomic E-state index is 5.42. The molecule has 0 saturated carbocycles. The molecule has 68 valence electrons. The van der Waals surface area contributed by atoms with Crippen molar-refractivity contribution in [1.29, 1.82) is 0 Å². The Morgan fingerprint density at radius 1 is 1.25 bits per heavy atom. The van der Waals surface area contributed by atoms with Crippen LogP contribution in [0.3, 0.4) is 0 Å². The molecule has 4 heteroatoms. The van der Waals surface area contributed by atoms with Crippen molar-refractivity contribution in [3.63, 3.8) is 0 Å². The van der Waals surface area contributed by atoms with E-state index in [1.807, 2.05) is 0 Å². The first-order chi connectivity index (χ1) is 5.75. The molecule has 0 radical (unpaired) electrons. The highest BCUT2D eigenvalue weighted by molar-refractivity contribution is 5.69. The summed E-state index contributed by atoms with van der Waals surface area (Å²) in [4.78, 5) is 5.62. The second-order valence-electron chi connectivity index (χ2n) is 3.84. The van der Waals surface area contributed by atoms with Crippen molar-refractivity contribution in [3.8, 4) is 0 Å². The van der Waals surface area contributed by atoms with Crippen molar-refractivity contribution in [2.75, 3.05) is 19.6 Å². The zero-order chi connectivity index (χ0) is 8.55. The van der Waals surface area contributed by atoms with E-state index in [-0.39, 0.29) is 0 Å². The SMILES string of the molecule is NC(N)=[NH+]C1CN2CCC1CC2. The molecule has 1 unspecified atom stereocenters. The fourth-order valence-corrected chi connectivity index (χ4v) is 2.34. The van der Waals surface area contributed by atoms with E-state index >= 15 is 0 Å². The molecule has 0 spiro atoms. The summed E-state index contributed by atoms with van der Waals surface area (Å²) in [5, 5.41) is 0. The van der Waals surface area contributed by atoms with Gasteiger partial charge in [0.15, 0.2) is 0 Å². The molecule has 3 heterocycles. The average molecular weight is 169 g/mol. The lowest BCUT2D eigenvalue weighted by Gasteiger charge is -2.42. The van der Waals surface area contributed by atoms with Crippen LogP contribution < -0.4 is 16.5 Å². The Labute approximate surface area is 72.6 Å². The van der Waals surface area contributed by atoms with Gasteiger partial charge in [0.2, 0.25) is 0 Å². The molecule has 0 aromatic carbocycles. The van der Waals surface area contributed by atoms with Crippen molar-refractivity contribution in [2.45, 2.75) is 18.9 Å². The van der Waals surface area contributed by atoms with Crippen LogP contribution in [0.25, 0.3) is 0 Å². The van der Waals surface area contributed by atoms with E-state index in [2.05, 4.69) is 9.89 Å². The molecular weight excluding hydrogens is 152 g/mol. The number of nitrogens with one attached hydrogen (secondary N) is 1. The number of hydrogen-bond acceptors (Lipinski definition) is 1. The Morgan fingerprint density at radius 3 is 2.33 bits per heavy atom. The van der Waals surface area contributed by atoms with E-state index in [9.17, 15) is 0 Å². The summed E-state index contributed by atoms with van der Waals surface area (Å²) < 4.78 is 0. The van der Waals surface area contributed by atoms with E-state index in [4.69, 9.17) is 11.5 Å². The Kier molecular flexibility index (Phi) is 1.92. The van der Waals surface area contributed by atoms with Gasteiger partial charge in [0.1, 0.15) is 0 Å². The maximum Gasteiger partial charge on any atom is 0.339 e. The zero-order valence-electron chi connectivity index (χ0n) is 7.29. The highest BCUT2D eigenvalue weighted by Crippen LogP contribution is 2.25. The Balaban J connectivity index is 2.04. The molecule has 0 aromatic rings. The largest absolute Gasteiger partial charge is 0.339 e. The molecule has 0 aromatic heterocycles. The third-order valence-electron chi connectivity index (χ3n) is 3.01. The molecule has 2 bridgehead atoms. The van der Waals surface area contributed by atoms with Crippen molar-refractivity contribution in [3.05, 3.63) is 0 Å². The first-order valence-electron chi connectivity index (χ1n) is 4.62.